The van der Waals surface area contributed by atoms with E-state index in [2.05, 4.69) is 4.90 Å². The smallest absolute Gasteiger partial charge is 0.164 e. The first-order valence-corrected chi connectivity index (χ1v) is 12.9. The second-order valence-corrected chi connectivity index (χ2v) is 9.91. The van der Waals surface area contributed by atoms with E-state index in [9.17, 15) is 9.59 Å². The fourth-order valence-electron chi connectivity index (χ4n) is 2.32. The zero-order valence-electron chi connectivity index (χ0n) is 14.6. The highest BCUT2D eigenvalue weighted by Gasteiger charge is 2.13. The normalized spacial score (nSPS) is 11.2. The van der Waals surface area contributed by atoms with E-state index in [1.54, 1.807) is 44.3 Å². The first-order chi connectivity index (χ1) is 12.7. The predicted octanol–water partition coefficient (Wildman–Crippen LogP) is 4.30. The molecule has 0 aliphatic carbocycles. The molecule has 8 heteroatoms. The van der Waals surface area contributed by atoms with Crippen LogP contribution in [0.15, 0.2) is 33.7 Å². The molecule has 2 aromatic rings. The van der Waals surface area contributed by atoms with Gasteiger partial charge >= 0.3 is 0 Å². The van der Waals surface area contributed by atoms with Crippen LogP contribution in [0.4, 0.5) is 0 Å². The van der Waals surface area contributed by atoms with E-state index in [0.29, 0.717) is 32.5 Å². The highest BCUT2D eigenvalue weighted by atomic mass is 33.1. The van der Waals surface area contributed by atoms with Crippen LogP contribution < -0.4 is 5.73 Å². The lowest BCUT2D eigenvalue weighted by Crippen LogP contribution is -2.31. The van der Waals surface area contributed by atoms with Gasteiger partial charge in [-0.15, -0.1) is 0 Å². The first-order valence-electron chi connectivity index (χ1n) is 8.48. The van der Waals surface area contributed by atoms with Crippen molar-refractivity contribution in [3.05, 3.63) is 44.8 Å². The molecule has 0 saturated carbocycles. The molecule has 4 nitrogen and oxygen atoms in total. The van der Waals surface area contributed by atoms with Crippen LogP contribution in [-0.4, -0.2) is 54.2 Å². The van der Waals surface area contributed by atoms with Crippen LogP contribution in [0.5, 0.6) is 0 Å². The van der Waals surface area contributed by atoms with Gasteiger partial charge in [0.1, 0.15) is 0 Å². The van der Waals surface area contributed by atoms with Crippen molar-refractivity contribution in [2.24, 2.45) is 5.73 Å². The molecule has 0 unspecified atom stereocenters. The van der Waals surface area contributed by atoms with Crippen molar-refractivity contribution < 1.29 is 9.59 Å². The van der Waals surface area contributed by atoms with Crippen LogP contribution in [0.25, 0.3) is 0 Å². The Morgan fingerprint density at radius 2 is 1.42 bits per heavy atom. The quantitative estimate of drug-likeness (QED) is 0.275. The number of nitrogens with two attached hydrogens (primary N) is 1. The minimum Gasteiger partial charge on any atom is -0.330 e. The standard InChI is InChI=1S/C18H24N2O2S4/c19-5-11-25-26-12-8-20(6-1-17(21)15-3-9-23-13-15)7-2-18(22)16-4-10-24-14-16/h3-4,9-10,13-14H,1-2,5-8,11-12,19H2. The van der Waals surface area contributed by atoms with Crippen LogP contribution in [0.1, 0.15) is 33.6 Å². The maximum atomic E-state index is 12.2. The van der Waals surface area contributed by atoms with Crippen molar-refractivity contribution >= 4 is 55.8 Å². The third-order valence-electron chi connectivity index (χ3n) is 3.77. The Morgan fingerprint density at radius 1 is 0.885 bits per heavy atom. The van der Waals surface area contributed by atoms with E-state index in [-0.39, 0.29) is 11.6 Å². The third kappa shape index (κ3) is 7.94. The summed E-state index contributed by atoms with van der Waals surface area (Å²) in [5, 5.41) is 7.64. The average molecular weight is 429 g/mol. The van der Waals surface area contributed by atoms with Gasteiger partial charge in [-0.3, -0.25) is 9.59 Å². The summed E-state index contributed by atoms with van der Waals surface area (Å²) in [5.41, 5.74) is 7.09. The van der Waals surface area contributed by atoms with Gasteiger partial charge in [0.15, 0.2) is 11.6 Å². The van der Waals surface area contributed by atoms with Gasteiger partial charge < -0.3 is 10.6 Å². The molecule has 0 bridgehead atoms. The molecule has 0 aliphatic heterocycles. The summed E-state index contributed by atoms with van der Waals surface area (Å²) >= 11 is 3.08. The molecule has 0 radical (unpaired) electrons. The van der Waals surface area contributed by atoms with Gasteiger partial charge in [0.05, 0.1) is 0 Å². The fraction of sp³-hybridized carbons (Fsp3) is 0.444. The molecule has 0 fully saturated rings. The van der Waals surface area contributed by atoms with E-state index < -0.39 is 0 Å². The van der Waals surface area contributed by atoms with Crippen LogP contribution >= 0.6 is 44.3 Å². The molecular formula is C18H24N2O2S4. The maximum Gasteiger partial charge on any atom is 0.164 e. The zero-order valence-corrected chi connectivity index (χ0v) is 17.9. The van der Waals surface area contributed by atoms with Crippen molar-refractivity contribution in [2.75, 3.05) is 37.7 Å². The molecule has 0 amide bonds. The second kappa shape index (κ2) is 12.7. The SMILES string of the molecule is NCCSSCCN(CCC(=O)c1ccsc1)CCC(=O)c1ccsc1. The fourth-order valence-corrected chi connectivity index (χ4v) is 5.53. The number of carbonyl (C=O) groups excluding carboxylic acids is 2. The Kier molecular flexibility index (Phi) is 10.6. The van der Waals surface area contributed by atoms with Crippen molar-refractivity contribution in [1.29, 1.82) is 0 Å². The summed E-state index contributed by atoms with van der Waals surface area (Å²) in [6.07, 6.45) is 0.980. The van der Waals surface area contributed by atoms with Crippen molar-refractivity contribution in [3.8, 4) is 0 Å². The lowest BCUT2D eigenvalue weighted by molar-refractivity contribution is 0.0950. The molecule has 2 N–H and O–H groups in total. The summed E-state index contributed by atoms with van der Waals surface area (Å²) in [4.78, 5) is 26.7. The largest absolute Gasteiger partial charge is 0.330 e. The lowest BCUT2D eigenvalue weighted by atomic mass is 10.1. The molecule has 0 atom stereocenters. The third-order valence-corrected chi connectivity index (χ3v) is 7.56. The minimum absolute atomic E-state index is 0.172. The molecule has 0 aliphatic rings. The van der Waals surface area contributed by atoms with Gasteiger partial charge in [-0.05, 0) is 22.9 Å². The Bertz CT molecular complexity index is 594. The van der Waals surface area contributed by atoms with Crippen molar-refractivity contribution in [3.63, 3.8) is 0 Å². The lowest BCUT2D eigenvalue weighted by Gasteiger charge is -2.21. The van der Waals surface area contributed by atoms with Gasteiger partial charge in [-0.25, -0.2) is 0 Å². The van der Waals surface area contributed by atoms with Gasteiger partial charge in [-0.2, -0.15) is 22.7 Å². The highest BCUT2D eigenvalue weighted by Crippen LogP contribution is 2.20. The minimum atomic E-state index is 0.172. The number of rotatable bonds is 14. The van der Waals surface area contributed by atoms with E-state index >= 15 is 0 Å². The van der Waals surface area contributed by atoms with Crippen LogP contribution in [0, 0.1) is 0 Å². The van der Waals surface area contributed by atoms with E-state index in [0.717, 1.165) is 29.2 Å². The summed E-state index contributed by atoms with van der Waals surface area (Å²) in [6.45, 7) is 2.93. The summed E-state index contributed by atoms with van der Waals surface area (Å²) in [6, 6.07) is 3.74. The van der Waals surface area contributed by atoms with Crippen LogP contribution in [0.2, 0.25) is 0 Å². The number of thiophene rings is 2. The molecule has 2 rings (SSSR count). The number of nitrogens with zero attached hydrogens (tertiary/aromatic N) is 1. The average Bonchev–Trinajstić information content (AvgIpc) is 3.36. The van der Waals surface area contributed by atoms with E-state index in [1.807, 2.05) is 33.7 Å². The zero-order chi connectivity index (χ0) is 18.6. The van der Waals surface area contributed by atoms with Crippen LogP contribution in [-0.2, 0) is 0 Å². The van der Waals surface area contributed by atoms with E-state index in [4.69, 9.17) is 5.73 Å². The monoisotopic (exact) mass is 428 g/mol. The Labute approximate surface area is 170 Å². The first kappa shape index (κ1) is 21.7. The molecular weight excluding hydrogens is 404 g/mol. The Hall–Kier alpha value is -0.640. The van der Waals surface area contributed by atoms with Crippen molar-refractivity contribution in [1.82, 2.24) is 4.90 Å². The summed E-state index contributed by atoms with van der Waals surface area (Å²) in [5.74, 6) is 2.25. The number of hydrogen-bond donors (Lipinski definition) is 1. The molecule has 0 spiro atoms. The molecule has 26 heavy (non-hydrogen) atoms. The number of Topliss-reactive ketones (excluding diaryl/α,β-unsaturated/α-hetero) is 2. The van der Waals surface area contributed by atoms with Gasteiger partial charge in [-0.1, -0.05) is 21.6 Å². The number of hydrogen-bond acceptors (Lipinski definition) is 8. The second-order valence-electron chi connectivity index (χ2n) is 5.64. The predicted molar refractivity (Wildman–Crippen MR) is 117 cm³/mol. The number of ketones is 2. The molecule has 0 saturated heterocycles. The van der Waals surface area contributed by atoms with E-state index in [1.165, 1.54) is 0 Å². The summed E-state index contributed by atoms with van der Waals surface area (Å²) in [7, 11) is 3.57. The molecule has 0 aromatic carbocycles. The number of carbonyl (C=O) groups is 2. The molecule has 2 heterocycles. The van der Waals surface area contributed by atoms with Crippen molar-refractivity contribution in [2.45, 2.75) is 12.8 Å². The summed E-state index contributed by atoms with van der Waals surface area (Å²) < 4.78 is 0. The van der Waals surface area contributed by atoms with Gasteiger partial charge in [0.2, 0.25) is 0 Å². The molecule has 2 aromatic heterocycles. The Balaban J connectivity index is 1.79. The topological polar surface area (TPSA) is 63.4 Å². The van der Waals surface area contributed by atoms with Gasteiger partial charge in [0.25, 0.3) is 0 Å². The Morgan fingerprint density at radius 3 is 1.88 bits per heavy atom. The molecule has 142 valence electrons. The highest BCUT2D eigenvalue weighted by molar-refractivity contribution is 8.76. The van der Waals surface area contributed by atoms with Crippen LogP contribution in [0.3, 0.4) is 0 Å². The maximum absolute atomic E-state index is 12.2. The van der Waals surface area contributed by atoms with Gasteiger partial charge in [0, 0.05) is 72.4 Å².